The van der Waals surface area contributed by atoms with Crippen molar-refractivity contribution in [3.05, 3.63) is 47.8 Å². The van der Waals surface area contributed by atoms with E-state index in [1.807, 2.05) is 49.2 Å². The zero-order chi connectivity index (χ0) is 24.9. The van der Waals surface area contributed by atoms with Crippen LogP contribution in [0.1, 0.15) is 80.1 Å². The number of rotatable bonds is 6. The summed E-state index contributed by atoms with van der Waals surface area (Å²) in [4.78, 5) is 33.5. The quantitative estimate of drug-likeness (QED) is 0.547. The van der Waals surface area contributed by atoms with Crippen molar-refractivity contribution in [1.82, 2.24) is 30.3 Å². The molecule has 4 heterocycles. The molecule has 0 radical (unpaired) electrons. The number of aromatic nitrogens is 3. The predicted octanol–water partition coefficient (Wildman–Crippen LogP) is 3.62. The van der Waals surface area contributed by atoms with Gasteiger partial charge in [-0.05, 0) is 55.7 Å². The van der Waals surface area contributed by atoms with Crippen molar-refractivity contribution < 1.29 is 14.0 Å². The van der Waals surface area contributed by atoms with Crippen LogP contribution >= 0.6 is 0 Å². The fraction of sp³-hybridized carbons (Fsp3) is 0.556. The molecule has 9 heteroatoms. The van der Waals surface area contributed by atoms with Crippen LogP contribution in [0.2, 0.25) is 0 Å². The molecule has 2 saturated heterocycles. The molecule has 1 unspecified atom stereocenters. The Morgan fingerprint density at radius 1 is 1.19 bits per heavy atom. The Bertz CT molecular complexity index is 1270. The number of H-pyrrole nitrogens is 1. The van der Waals surface area contributed by atoms with Gasteiger partial charge in [0.2, 0.25) is 17.7 Å². The van der Waals surface area contributed by atoms with Crippen LogP contribution in [-0.2, 0) is 4.79 Å². The van der Waals surface area contributed by atoms with Crippen molar-refractivity contribution in [2.45, 2.75) is 64.0 Å². The van der Waals surface area contributed by atoms with Crippen LogP contribution in [0.3, 0.4) is 0 Å². The fourth-order valence-electron chi connectivity index (χ4n) is 5.84. The Balaban J connectivity index is 1.18. The second-order valence-corrected chi connectivity index (χ2v) is 11.1. The number of amides is 2. The second-order valence-electron chi connectivity index (χ2n) is 11.1. The summed E-state index contributed by atoms with van der Waals surface area (Å²) in [6.07, 6.45) is 6.66. The highest BCUT2D eigenvalue weighted by Crippen LogP contribution is 2.49. The van der Waals surface area contributed by atoms with E-state index >= 15 is 0 Å². The summed E-state index contributed by atoms with van der Waals surface area (Å²) in [5.41, 5.74) is 1.75. The third kappa shape index (κ3) is 4.40. The highest BCUT2D eigenvalue weighted by atomic mass is 16.4. The molecular formula is C27H34N6O3. The van der Waals surface area contributed by atoms with Crippen LogP contribution in [-0.4, -0.2) is 69.0 Å². The van der Waals surface area contributed by atoms with E-state index in [9.17, 15) is 9.59 Å². The first-order valence-corrected chi connectivity index (χ1v) is 13.1. The normalized spacial score (nSPS) is 22.1. The molecule has 190 valence electrons. The number of carbonyl (C=O) groups excluding carboxylic acids is 2. The van der Waals surface area contributed by atoms with Crippen molar-refractivity contribution in [1.29, 1.82) is 0 Å². The van der Waals surface area contributed by atoms with Gasteiger partial charge in [-0.1, -0.05) is 19.9 Å². The minimum Gasteiger partial charge on any atom is -0.423 e. The number of nitrogens with one attached hydrogen (secondary N) is 2. The molecule has 3 fully saturated rings. The largest absolute Gasteiger partial charge is 0.423 e. The number of piperidine rings is 1. The number of hydrogen-bond acceptors (Lipinski definition) is 6. The summed E-state index contributed by atoms with van der Waals surface area (Å²) in [6, 6.07) is 8.06. The van der Waals surface area contributed by atoms with E-state index in [4.69, 9.17) is 4.42 Å². The molecule has 2 aliphatic heterocycles. The van der Waals surface area contributed by atoms with Crippen molar-refractivity contribution in [3.63, 3.8) is 0 Å². The smallest absolute Gasteiger partial charge is 0.254 e. The van der Waals surface area contributed by atoms with E-state index in [1.54, 1.807) is 0 Å². The monoisotopic (exact) mass is 490 g/mol. The summed E-state index contributed by atoms with van der Waals surface area (Å²) in [7, 11) is 0. The summed E-state index contributed by atoms with van der Waals surface area (Å²) in [5, 5.41) is 12.7. The number of benzene rings is 1. The lowest BCUT2D eigenvalue weighted by molar-refractivity contribution is -0.122. The minimum absolute atomic E-state index is 0.0217. The van der Waals surface area contributed by atoms with Crippen molar-refractivity contribution >= 4 is 22.7 Å². The average Bonchev–Trinajstić information content (AvgIpc) is 3.25. The molecule has 2 amide bonds. The van der Waals surface area contributed by atoms with Gasteiger partial charge in [-0.15, -0.1) is 10.2 Å². The molecule has 1 atom stereocenters. The van der Waals surface area contributed by atoms with Gasteiger partial charge in [0.1, 0.15) is 0 Å². The standard InChI is InChI=1S/C27H34N6O3/c1-17(2)24-30-31-25(36-24)22-14-27(16-33(22)15-23(34)29-18-6-7-18)9-12-32(13-10-27)26(35)20-4-3-5-21-19(20)8-11-28-21/h3-5,8,11,17-18,22,28H,6-7,9-10,12-16H2,1-2H3,(H,29,34). The van der Waals surface area contributed by atoms with E-state index in [0.29, 0.717) is 37.5 Å². The maximum absolute atomic E-state index is 13.4. The summed E-state index contributed by atoms with van der Waals surface area (Å²) < 4.78 is 6.06. The van der Waals surface area contributed by atoms with Gasteiger partial charge in [0, 0.05) is 54.3 Å². The molecule has 2 aromatic heterocycles. The second kappa shape index (κ2) is 9.03. The highest BCUT2D eigenvalue weighted by molar-refractivity contribution is 6.06. The van der Waals surface area contributed by atoms with E-state index in [2.05, 4.69) is 25.4 Å². The van der Waals surface area contributed by atoms with Gasteiger partial charge in [0.05, 0.1) is 12.6 Å². The SMILES string of the molecule is CC(C)c1nnc(C2CC3(CCN(C(=O)c4cccc5[nH]ccc45)CC3)CN2CC(=O)NC2CC2)o1. The van der Waals surface area contributed by atoms with E-state index in [0.717, 1.165) is 55.1 Å². The summed E-state index contributed by atoms with van der Waals surface area (Å²) in [5.74, 6) is 1.55. The lowest BCUT2D eigenvalue weighted by Crippen LogP contribution is -2.45. The molecule has 1 saturated carbocycles. The van der Waals surface area contributed by atoms with Crippen molar-refractivity contribution in [3.8, 4) is 0 Å². The lowest BCUT2D eigenvalue weighted by Gasteiger charge is -2.39. The van der Waals surface area contributed by atoms with Gasteiger partial charge in [-0.25, -0.2) is 0 Å². The number of aromatic amines is 1. The third-order valence-corrected chi connectivity index (χ3v) is 8.07. The maximum atomic E-state index is 13.4. The molecular weight excluding hydrogens is 456 g/mol. The number of likely N-dealkylation sites (tertiary alicyclic amines) is 2. The van der Waals surface area contributed by atoms with E-state index < -0.39 is 0 Å². The first-order valence-electron chi connectivity index (χ1n) is 13.1. The first kappa shape index (κ1) is 23.2. The van der Waals surface area contributed by atoms with Crippen molar-refractivity contribution in [2.75, 3.05) is 26.2 Å². The summed E-state index contributed by atoms with van der Waals surface area (Å²) in [6.45, 7) is 6.61. The van der Waals surface area contributed by atoms with Gasteiger partial charge < -0.3 is 19.6 Å². The highest BCUT2D eigenvalue weighted by Gasteiger charge is 2.49. The molecule has 2 N–H and O–H groups in total. The van der Waals surface area contributed by atoms with Gasteiger partial charge in [0.25, 0.3) is 5.91 Å². The van der Waals surface area contributed by atoms with Crippen LogP contribution in [0.5, 0.6) is 0 Å². The Kier molecular flexibility index (Phi) is 5.82. The first-order chi connectivity index (χ1) is 17.4. The van der Waals surface area contributed by atoms with Gasteiger partial charge in [-0.2, -0.15) is 0 Å². The number of fused-ring (bicyclic) bond motifs is 1. The van der Waals surface area contributed by atoms with Crippen LogP contribution in [0.25, 0.3) is 10.9 Å². The minimum atomic E-state index is -0.0780. The van der Waals surface area contributed by atoms with Crippen LogP contribution in [0.15, 0.2) is 34.9 Å². The molecule has 1 aromatic carbocycles. The topological polar surface area (TPSA) is 107 Å². The molecule has 0 bridgehead atoms. The number of carbonyl (C=O) groups is 2. The number of hydrogen-bond donors (Lipinski definition) is 2. The number of nitrogens with zero attached hydrogens (tertiary/aromatic N) is 4. The molecule has 36 heavy (non-hydrogen) atoms. The third-order valence-electron chi connectivity index (χ3n) is 8.07. The van der Waals surface area contributed by atoms with E-state index in [1.165, 1.54) is 0 Å². The zero-order valence-electron chi connectivity index (χ0n) is 21.0. The Morgan fingerprint density at radius 2 is 2.00 bits per heavy atom. The molecule has 1 aliphatic carbocycles. The van der Waals surface area contributed by atoms with Crippen molar-refractivity contribution in [2.24, 2.45) is 5.41 Å². The molecule has 6 rings (SSSR count). The van der Waals surface area contributed by atoms with Gasteiger partial charge in [-0.3, -0.25) is 14.5 Å². The Hall–Kier alpha value is -3.20. The molecule has 3 aliphatic rings. The Labute approximate surface area is 210 Å². The Morgan fingerprint density at radius 3 is 2.72 bits per heavy atom. The van der Waals surface area contributed by atoms with Crippen LogP contribution in [0.4, 0.5) is 0 Å². The summed E-state index contributed by atoms with van der Waals surface area (Å²) >= 11 is 0. The molecule has 9 nitrogen and oxygen atoms in total. The fourth-order valence-corrected chi connectivity index (χ4v) is 5.84. The van der Waals surface area contributed by atoms with Gasteiger partial charge >= 0.3 is 0 Å². The zero-order valence-corrected chi connectivity index (χ0v) is 21.0. The average molecular weight is 491 g/mol. The lowest BCUT2D eigenvalue weighted by atomic mass is 9.76. The van der Waals surface area contributed by atoms with E-state index in [-0.39, 0.29) is 29.2 Å². The molecule has 3 aromatic rings. The van der Waals surface area contributed by atoms with Crippen LogP contribution in [0, 0.1) is 5.41 Å². The van der Waals surface area contributed by atoms with Crippen LogP contribution < -0.4 is 5.32 Å². The molecule has 1 spiro atoms. The van der Waals surface area contributed by atoms with Gasteiger partial charge in [0.15, 0.2) is 0 Å². The predicted molar refractivity (Wildman–Crippen MR) is 134 cm³/mol. The maximum Gasteiger partial charge on any atom is 0.254 e.